The van der Waals surface area contributed by atoms with E-state index < -0.39 is 5.51 Å². The van der Waals surface area contributed by atoms with Gasteiger partial charge in [0.1, 0.15) is 5.75 Å². The first kappa shape index (κ1) is 16.5. The average Bonchev–Trinajstić information content (AvgIpc) is 2.43. The predicted molar refractivity (Wildman–Crippen MR) is 79.8 cm³/mol. The number of thioether (sulfide) groups is 1. The Morgan fingerprint density at radius 3 is 2.90 bits per heavy atom. The summed E-state index contributed by atoms with van der Waals surface area (Å²) in [6.07, 6.45) is 3.26. The van der Waals surface area contributed by atoms with Crippen molar-refractivity contribution >= 4 is 11.8 Å². The van der Waals surface area contributed by atoms with Crippen LogP contribution in [0.3, 0.4) is 0 Å². The van der Waals surface area contributed by atoms with Gasteiger partial charge < -0.3 is 10.1 Å². The standard InChI is InChI=1S/C15H20F3NOS/c1-2-19-14-5-3-4-11-10-12(6-7-13(11)14)20-8-9-21-15(16,17)18/h6-7,10,14,19H,2-5,8-9H2,1H3. The minimum atomic E-state index is -4.18. The molecule has 2 rings (SSSR count). The zero-order valence-electron chi connectivity index (χ0n) is 12.0. The Morgan fingerprint density at radius 2 is 2.19 bits per heavy atom. The van der Waals surface area contributed by atoms with Crippen molar-refractivity contribution < 1.29 is 17.9 Å². The van der Waals surface area contributed by atoms with Crippen molar-refractivity contribution in [2.75, 3.05) is 18.9 Å². The first-order valence-corrected chi connectivity index (χ1v) is 8.18. The van der Waals surface area contributed by atoms with Crippen molar-refractivity contribution in [3.63, 3.8) is 0 Å². The number of rotatable bonds is 6. The summed E-state index contributed by atoms with van der Waals surface area (Å²) in [5, 5.41) is 3.46. The summed E-state index contributed by atoms with van der Waals surface area (Å²) in [5.41, 5.74) is -1.65. The second-order valence-electron chi connectivity index (χ2n) is 5.01. The maximum Gasteiger partial charge on any atom is 0.441 e. The van der Waals surface area contributed by atoms with E-state index in [0.717, 1.165) is 25.8 Å². The molecular formula is C15H20F3NOS. The fraction of sp³-hybridized carbons (Fsp3) is 0.600. The molecule has 1 aliphatic carbocycles. The van der Waals surface area contributed by atoms with Gasteiger partial charge in [-0.25, -0.2) is 0 Å². The molecule has 0 aromatic heterocycles. The largest absolute Gasteiger partial charge is 0.493 e. The molecule has 21 heavy (non-hydrogen) atoms. The highest BCUT2D eigenvalue weighted by Crippen LogP contribution is 2.33. The lowest BCUT2D eigenvalue weighted by Crippen LogP contribution is -2.24. The molecule has 0 spiro atoms. The van der Waals surface area contributed by atoms with Gasteiger partial charge in [-0.15, -0.1) is 0 Å². The van der Waals surface area contributed by atoms with Gasteiger partial charge in [-0.05, 0) is 60.8 Å². The Hall–Kier alpha value is -0.880. The SMILES string of the molecule is CCNC1CCCc2cc(OCCSC(F)(F)F)ccc21. The van der Waals surface area contributed by atoms with E-state index in [0.29, 0.717) is 11.8 Å². The summed E-state index contributed by atoms with van der Waals surface area (Å²) < 4.78 is 41.5. The van der Waals surface area contributed by atoms with E-state index >= 15 is 0 Å². The molecule has 0 bridgehead atoms. The maximum atomic E-state index is 12.0. The van der Waals surface area contributed by atoms with E-state index in [-0.39, 0.29) is 24.1 Å². The molecular weight excluding hydrogens is 299 g/mol. The Morgan fingerprint density at radius 1 is 1.38 bits per heavy atom. The van der Waals surface area contributed by atoms with Crippen LogP contribution in [-0.2, 0) is 6.42 Å². The Labute approximate surface area is 127 Å². The summed E-state index contributed by atoms with van der Waals surface area (Å²) >= 11 is -0.0464. The molecule has 0 fully saturated rings. The number of aryl methyl sites for hydroxylation is 1. The molecule has 2 nitrogen and oxygen atoms in total. The minimum absolute atomic E-state index is 0.0464. The molecule has 0 radical (unpaired) electrons. The van der Waals surface area contributed by atoms with Crippen molar-refractivity contribution in [1.82, 2.24) is 5.32 Å². The smallest absolute Gasteiger partial charge is 0.441 e. The Bertz CT molecular complexity index is 465. The topological polar surface area (TPSA) is 21.3 Å². The highest BCUT2D eigenvalue weighted by Gasteiger charge is 2.27. The summed E-state index contributed by atoms with van der Waals surface area (Å²) in [7, 11) is 0. The van der Waals surface area contributed by atoms with Gasteiger partial charge in [0.25, 0.3) is 0 Å². The van der Waals surface area contributed by atoms with E-state index in [1.54, 1.807) is 0 Å². The van der Waals surface area contributed by atoms with Gasteiger partial charge >= 0.3 is 5.51 Å². The summed E-state index contributed by atoms with van der Waals surface area (Å²) in [4.78, 5) is 0. The predicted octanol–water partition coefficient (Wildman–Crippen LogP) is 4.31. The van der Waals surface area contributed by atoms with Crippen molar-refractivity contribution in [2.45, 2.75) is 37.7 Å². The molecule has 1 N–H and O–H groups in total. The second kappa shape index (κ2) is 7.40. The monoisotopic (exact) mass is 319 g/mol. The second-order valence-corrected chi connectivity index (χ2v) is 6.17. The van der Waals surface area contributed by atoms with Gasteiger partial charge in [-0.1, -0.05) is 13.0 Å². The third kappa shape index (κ3) is 5.11. The Kier molecular flexibility index (Phi) is 5.81. The molecule has 1 atom stereocenters. The third-order valence-corrected chi connectivity index (χ3v) is 4.20. The molecule has 0 heterocycles. The molecule has 118 valence electrons. The lowest BCUT2D eigenvalue weighted by Gasteiger charge is -2.26. The van der Waals surface area contributed by atoms with Crippen molar-refractivity contribution in [2.24, 2.45) is 0 Å². The normalized spacial score (nSPS) is 18.4. The van der Waals surface area contributed by atoms with Crippen molar-refractivity contribution in [3.05, 3.63) is 29.3 Å². The van der Waals surface area contributed by atoms with E-state index in [9.17, 15) is 13.2 Å². The molecule has 0 amide bonds. The number of nitrogens with one attached hydrogen (secondary N) is 1. The van der Waals surface area contributed by atoms with Crippen molar-refractivity contribution in [3.8, 4) is 5.75 Å². The maximum absolute atomic E-state index is 12.0. The first-order valence-electron chi connectivity index (χ1n) is 7.19. The van der Waals surface area contributed by atoms with Gasteiger partial charge in [-0.2, -0.15) is 13.2 Å². The van der Waals surface area contributed by atoms with Gasteiger partial charge in [-0.3, -0.25) is 0 Å². The van der Waals surface area contributed by atoms with Crippen LogP contribution < -0.4 is 10.1 Å². The number of hydrogen-bond acceptors (Lipinski definition) is 3. The van der Waals surface area contributed by atoms with Crippen LogP contribution in [0.2, 0.25) is 0 Å². The van der Waals surface area contributed by atoms with E-state index in [1.807, 2.05) is 18.2 Å². The molecule has 1 aromatic rings. The molecule has 1 aliphatic rings. The highest BCUT2D eigenvalue weighted by atomic mass is 32.2. The molecule has 1 aromatic carbocycles. The Balaban J connectivity index is 1.91. The van der Waals surface area contributed by atoms with Crippen LogP contribution in [0.15, 0.2) is 18.2 Å². The van der Waals surface area contributed by atoms with Crippen molar-refractivity contribution in [1.29, 1.82) is 0 Å². The van der Waals surface area contributed by atoms with E-state index in [2.05, 4.69) is 12.2 Å². The third-order valence-electron chi connectivity index (χ3n) is 3.50. The van der Waals surface area contributed by atoms with Crippen LogP contribution in [0.25, 0.3) is 0 Å². The number of hydrogen-bond donors (Lipinski definition) is 1. The summed E-state index contributed by atoms with van der Waals surface area (Å²) in [6.45, 7) is 3.08. The fourth-order valence-electron chi connectivity index (χ4n) is 2.66. The van der Waals surface area contributed by atoms with Crippen LogP contribution in [0.1, 0.15) is 36.9 Å². The molecule has 0 saturated carbocycles. The zero-order valence-corrected chi connectivity index (χ0v) is 12.8. The summed E-state index contributed by atoms with van der Waals surface area (Å²) in [6, 6.07) is 6.24. The lowest BCUT2D eigenvalue weighted by atomic mass is 9.87. The van der Waals surface area contributed by atoms with Crippen LogP contribution in [0, 0.1) is 0 Å². The van der Waals surface area contributed by atoms with Gasteiger partial charge in [0.05, 0.1) is 6.61 Å². The average molecular weight is 319 g/mol. The molecule has 0 aliphatic heterocycles. The van der Waals surface area contributed by atoms with Crippen LogP contribution in [0.5, 0.6) is 5.75 Å². The number of halogens is 3. The van der Waals surface area contributed by atoms with Crippen LogP contribution in [-0.4, -0.2) is 24.4 Å². The number of alkyl halides is 3. The van der Waals surface area contributed by atoms with Gasteiger partial charge in [0.15, 0.2) is 0 Å². The molecule has 1 unspecified atom stereocenters. The number of ether oxygens (including phenoxy) is 1. The fourth-order valence-corrected chi connectivity index (χ4v) is 3.05. The van der Waals surface area contributed by atoms with Gasteiger partial charge in [0.2, 0.25) is 0 Å². The van der Waals surface area contributed by atoms with Gasteiger partial charge in [0, 0.05) is 11.8 Å². The molecule has 6 heteroatoms. The van der Waals surface area contributed by atoms with E-state index in [4.69, 9.17) is 4.74 Å². The molecule has 0 saturated heterocycles. The summed E-state index contributed by atoms with van der Waals surface area (Å²) in [5.74, 6) is 0.578. The van der Waals surface area contributed by atoms with E-state index in [1.165, 1.54) is 11.1 Å². The van der Waals surface area contributed by atoms with Crippen LogP contribution in [0.4, 0.5) is 13.2 Å². The zero-order chi connectivity index (χ0) is 15.3. The lowest BCUT2D eigenvalue weighted by molar-refractivity contribution is -0.0329. The highest BCUT2D eigenvalue weighted by molar-refractivity contribution is 8.00. The number of benzene rings is 1. The van der Waals surface area contributed by atoms with Crippen LogP contribution >= 0.6 is 11.8 Å². The minimum Gasteiger partial charge on any atom is -0.493 e. The quantitative estimate of drug-likeness (QED) is 0.790. The number of fused-ring (bicyclic) bond motifs is 1. The first-order chi connectivity index (χ1) is 9.99.